The quantitative estimate of drug-likeness (QED) is 0.216. The number of fused-ring (bicyclic) bond motifs is 1. The van der Waals surface area contributed by atoms with Crippen LogP contribution in [0.4, 0.5) is 11.8 Å². The molecule has 4 N–H and O–H groups in total. The number of nitrogens with one attached hydrogen (secondary N) is 2. The van der Waals surface area contributed by atoms with E-state index in [0.29, 0.717) is 88.2 Å². The molecule has 0 aliphatic carbocycles. The normalized spacial score (nSPS) is 23.4. The van der Waals surface area contributed by atoms with Crippen LogP contribution in [-0.2, 0) is 4.74 Å². The lowest BCUT2D eigenvalue weighted by molar-refractivity contribution is 0.0839. The first-order valence-electron chi connectivity index (χ1n) is 12.8. The smallest absolute Gasteiger partial charge is 0.223 e. The van der Waals surface area contributed by atoms with Gasteiger partial charge in [-0.15, -0.1) is 0 Å². The Kier molecular flexibility index (Phi) is 8.23. The molecule has 1 aromatic carbocycles. The molecular formula is C27H32Cl2N6O5. The van der Waals surface area contributed by atoms with E-state index in [9.17, 15) is 10.2 Å². The summed E-state index contributed by atoms with van der Waals surface area (Å²) in [5, 5.41) is 28.3. The number of aliphatic hydroxyl groups excluding tert-OH is 1. The maximum atomic E-state index is 10.7. The molecule has 0 spiro atoms. The van der Waals surface area contributed by atoms with Crippen molar-refractivity contribution in [3.8, 4) is 22.8 Å². The van der Waals surface area contributed by atoms with Crippen LogP contribution in [0.1, 0.15) is 13.3 Å². The molecular weight excluding hydrogens is 559 g/mol. The van der Waals surface area contributed by atoms with E-state index >= 15 is 0 Å². The largest absolute Gasteiger partial charge is 0.495 e. The highest BCUT2D eigenvalue weighted by atomic mass is 35.5. The Bertz CT molecular complexity index is 1400. The topological polar surface area (TPSA) is 134 Å². The maximum absolute atomic E-state index is 10.7. The summed E-state index contributed by atoms with van der Waals surface area (Å²) in [6, 6.07) is 3.08. The molecule has 2 fully saturated rings. The van der Waals surface area contributed by atoms with Crippen LogP contribution in [0.5, 0.6) is 11.5 Å². The number of hydrogen-bond donors (Lipinski definition) is 4. The van der Waals surface area contributed by atoms with Crippen molar-refractivity contribution in [3.05, 3.63) is 41.0 Å². The summed E-state index contributed by atoms with van der Waals surface area (Å²) >= 11 is 13.5. The van der Waals surface area contributed by atoms with Crippen LogP contribution in [0.3, 0.4) is 0 Å². The van der Waals surface area contributed by atoms with E-state index < -0.39 is 11.8 Å². The van der Waals surface area contributed by atoms with Crippen molar-refractivity contribution in [2.75, 3.05) is 50.7 Å². The van der Waals surface area contributed by atoms with Crippen molar-refractivity contribution < 1.29 is 24.4 Å². The number of nitrogens with zero attached hydrogens (tertiary/aromatic N) is 4. The predicted octanol–water partition coefficient (Wildman–Crippen LogP) is 3.25. The van der Waals surface area contributed by atoms with Gasteiger partial charge in [-0.1, -0.05) is 29.8 Å². The van der Waals surface area contributed by atoms with Gasteiger partial charge in [0.15, 0.2) is 5.82 Å². The van der Waals surface area contributed by atoms with E-state index in [1.807, 2.05) is 11.0 Å². The summed E-state index contributed by atoms with van der Waals surface area (Å²) in [4.78, 5) is 16.3. The summed E-state index contributed by atoms with van der Waals surface area (Å²) < 4.78 is 16.5. The second kappa shape index (κ2) is 11.5. The second-order valence-corrected chi connectivity index (χ2v) is 10.9. The lowest BCUT2D eigenvalue weighted by atomic mass is 10.1. The third-order valence-electron chi connectivity index (χ3n) is 7.13. The van der Waals surface area contributed by atoms with E-state index in [4.69, 9.17) is 47.4 Å². The Hall–Kier alpha value is -2.93. The number of aliphatic hydroxyl groups is 2. The summed E-state index contributed by atoms with van der Waals surface area (Å²) in [7, 11) is 3.03. The van der Waals surface area contributed by atoms with Gasteiger partial charge in [-0.25, -0.2) is 15.0 Å². The molecule has 4 heterocycles. The van der Waals surface area contributed by atoms with Gasteiger partial charge in [0.05, 0.1) is 60.9 Å². The van der Waals surface area contributed by atoms with Crippen molar-refractivity contribution in [1.29, 1.82) is 0 Å². The van der Waals surface area contributed by atoms with E-state index in [0.717, 1.165) is 0 Å². The van der Waals surface area contributed by atoms with Gasteiger partial charge in [-0.05, 0) is 25.5 Å². The number of rotatable bonds is 9. The van der Waals surface area contributed by atoms with Crippen LogP contribution >= 0.6 is 23.2 Å². The molecule has 11 nitrogen and oxygen atoms in total. The highest BCUT2D eigenvalue weighted by Gasteiger charge is 2.34. The number of ether oxygens (including phenoxy) is 3. The fourth-order valence-corrected chi connectivity index (χ4v) is 5.69. The van der Waals surface area contributed by atoms with E-state index in [1.165, 1.54) is 20.3 Å². The summed E-state index contributed by atoms with van der Waals surface area (Å²) in [5.41, 5.74) is 0.653. The van der Waals surface area contributed by atoms with Crippen molar-refractivity contribution in [1.82, 2.24) is 20.3 Å². The van der Waals surface area contributed by atoms with Gasteiger partial charge in [0.2, 0.25) is 5.95 Å². The molecule has 2 aromatic heterocycles. The lowest BCUT2D eigenvalue weighted by Gasteiger charge is -2.24. The molecule has 2 aliphatic heterocycles. The maximum Gasteiger partial charge on any atom is 0.223 e. The summed E-state index contributed by atoms with van der Waals surface area (Å²) in [5.74, 6) is 1.72. The van der Waals surface area contributed by atoms with E-state index in [1.54, 1.807) is 19.2 Å². The van der Waals surface area contributed by atoms with Gasteiger partial charge in [0.1, 0.15) is 23.2 Å². The Morgan fingerprint density at radius 2 is 1.88 bits per heavy atom. The zero-order valence-electron chi connectivity index (χ0n) is 22.4. The standard InChI is InChI=1S/C27H32Cl2N6O5/c1-5-20(36)31-16-11-40-12-17(16)33-26-30-10-14-8-15(21-22(28)18(38-3)9-19(39-4)23(21)29)32-25(24(14)34-26)35-7-6-27(2,37)13-35/h5,8-10,16-17,20,31,36-37H,1,6-7,11-13H2,2-4H3,(H,30,33,34)/t16-,17+,20?,27?/m0/s1. The van der Waals surface area contributed by atoms with Gasteiger partial charge in [0, 0.05) is 36.3 Å². The number of benzene rings is 1. The minimum Gasteiger partial charge on any atom is -0.495 e. The molecule has 4 atom stereocenters. The molecule has 3 aromatic rings. The first-order valence-corrected chi connectivity index (χ1v) is 13.6. The number of pyridine rings is 1. The van der Waals surface area contributed by atoms with E-state index in [2.05, 4.69) is 22.2 Å². The Balaban J connectivity index is 1.60. The zero-order valence-corrected chi connectivity index (χ0v) is 24.0. The number of aromatic nitrogens is 3. The van der Waals surface area contributed by atoms with Crippen LogP contribution < -0.4 is 25.0 Å². The Morgan fingerprint density at radius 1 is 1.18 bits per heavy atom. The monoisotopic (exact) mass is 590 g/mol. The first kappa shape index (κ1) is 28.6. The summed E-state index contributed by atoms with van der Waals surface area (Å²) in [6.45, 7) is 7.18. The molecule has 13 heteroatoms. The zero-order chi connectivity index (χ0) is 28.6. The number of methoxy groups -OCH3 is 2. The number of halogens is 2. The first-order chi connectivity index (χ1) is 19.1. The number of anilines is 2. The fourth-order valence-electron chi connectivity index (χ4n) is 4.99. The molecule has 0 bridgehead atoms. The number of hydrogen-bond acceptors (Lipinski definition) is 11. The molecule has 2 saturated heterocycles. The van der Waals surface area contributed by atoms with Crippen LogP contribution in [0.2, 0.25) is 10.0 Å². The molecule has 0 saturated carbocycles. The van der Waals surface area contributed by atoms with Gasteiger partial charge in [0.25, 0.3) is 0 Å². The van der Waals surface area contributed by atoms with Crippen molar-refractivity contribution in [2.24, 2.45) is 0 Å². The van der Waals surface area contributed by atoms with Gasteiger partial charge in [-0.3, -0.25) is 5.32 Å². The van der Waals surface area contributed by atoms with Gasteiger partial charge in [-0.2, -0.15) is 0 Å². The number of β-amino-alcohol motifs (C(OH)–C–C–N with tert-alkyl or cyclic N) is 1. The molecule has 0 amide bonds. The fraction of sp³-hybridized carbons (Fsp3) is 0.444. The average Bonchev–Trinajstić information content (AvgIpc) is 3.53. The third-order valence-corrected chi connectivity index (χ3v) is 7.88. The highest BCUT2D eigenvalue weighted by Crippen LogP contribution is 2.46. The van der Waals surface area contributed by atoms with Crippen LogP contribution in [0, 0.1) is 0 Å². The van der Waals surface area contributed by atoms with Crippen LogP contribution in [0.15, 0.2) is 31.0 Å². The molecule has 2 aliphatic rings. The Labute approximate surface area is 242 Å². The molecule has 0 radical (unpaired) electrons. The third kappa shape index (κ3) is 5.63. The SMILES string of the molecule is C=CC(O)N[C@H]1COC[C@H]1Nc1ncc2cc(-c3c(Cl)c(OC)cc(OC)c3Cl)nc(N3CCC(C)(O)C3)c2n1. The minimum atomic E-state index is -0.876. The molecule has 40 heavy (non-hydrogen) atoms. The highest BCUT2D eigenvalue weighted by molar-refractivity contribution is 6.41. The van der Waals surface area contributed by atoms with Crippen molar-refractivity contribution >= 4 is 45.9 Å². The Morgan fingerprint density at radius 3 is 2.50 bits per heavy atom. The van der Waals surface area contributed by atoms with Crippen LogP contribution in [0.25, 0.3) is 22.2 Å². The van der Waals surface area contributed by atoms with Crippen molar-refractivity contribution in [2.45, 2.75) is 37.3 Å². The van der Waals surface area contributed by atoms with E-state index in [-0.39, 0.29) is 12.1 Å². The molecule has 2 unspecified atom stereocenters. The van der Waals surface area contributed by atoms with Gasteiger partial charge >= 0.3 is 0 Å². The lowest BCUT2D eigenvalue weighted by Crippen LogP contribution is -2.47. The minimum absolute atomic E-state index is 0.173. The predicted molar refractivity (Wildman–Crippen MR) is 155 cm³/mol. The molecule has 214 valence electrons. The summed E-state index contributed by atoms with van der Waals surface area (Å²) in [6.07, 6.45) is 2.82. The van der Waals surface area contributed by atoms with Crippen molar-refractivity contribution in [3.63, 3.8) is 0 Å². The van der Waals surface area contributed by atoms with Gasteiger partial charge < -0.3 is 34.6 Å². The second-order valence-electron chi connectivity index (χ2n) is 10.2. The average molecular weight is 591 g/mol. The van der Waals surface area contributed by atoms with Crippen LogP contribution in [-0.4, -0.2) is 89.6 Å². The molecule has 5 rings (SSSR count).